The monoisotopic (exact) mass is 366 g/mol. The van der Waals surface area contributed by atoms with Crippen LogP contribution in [0.15, 0.2) is 30.5 Å². The van der Waals surface area contributed by atoms with E-state index in [1.807, 2.05) is 31.2 Å². The molecule has 7 nitrogen and oxygen atoms in total. The van der Waals surface area contributed by atoms with Crippen molar-refractivity contribution >= 4 is 28.7 Å². The Labute approximate surface area is 159 Å². The van der Waals surface area contributed by atoms with Crippen molar-refractivity contribution in [3.63, 3.8) is 0 Å². The van der Waals surface area contributed by atoms with E-state index in [0.29, 0.717) is 12.0 Å². The molecule has 1 saturated heterocycles. The topological polar surface area (TPSA) is 94.0 Å². The van der Waals surface area contributed by atoms with Gasteiger partial charge in [-0.3, -0.25) is 20.1 Å². The van der Waals surface area contributed by atoms with Crippen LogP contribution in [0.5, 0.6) is 0 Å². The van der Waals surface area contributed by atoms with Crippen LogP contribution in [0.1, 0.15) is 39.0 Å². The highest BCUT2D eigenvalue weighted by molar-refractivity contribution is 6.07. The molecular weight excluding hydrogens is 340 g/mol. The maximum atomic E-state index is 12.5. The molecule has 0 spiro atoms. The highest BCUT2D eigenvalue weighted by atomic mass is 16.2. The Kier molecular flexibility index (Phi) is 4.45. The molecule has 1 amide bonds. The first-order valence-corrected chi connectivity index (χ1v) is 9.58. The van der Waals surface area contributed by atoms with E-state index in [0.717, 1.165) is 49.0 Å². The number of para-hydroxylation sites is 2. The van der Waals surface area contributed by atoms with Gasteiger partial charge >= 0.3 is 0 Å². The van der Waals surface area contributed by atoms with Crippen LogP contribution in [0.25, 0.3) is 11.0 Å². The predicted molar refractivity (Wildman–Crippen MR) is 106 cm³/mol. The van der Waals surface area contributed by atoms with Crippen LogP contribution in [-0.2, 0) is 4.79 Å². The molecular formula is C20H26N6O. The van der Waals surface area contributed by atoms with Crippen molar-refractivity contribution in [2.75, 3.05) is 12.4 Å². The summed E-state index contributed by atoms with van der Waals surface area (Å²) in [4.78, 5) is 23.0. The fourth-order valence-corrected chi connectivity index (χ4v) is 4.43. The van der Waals surface area contributed by atoms with Crippen LogP contribution in [-0.4, -0.2) is 45.4 Å². The number of amides is 1. The lowest BCUT2D eigenvalue weighted by Crippen LogP contribution is -2.46. The van der Waals surface area contributed by atoms with E-state index in [4.69, 9.17) is 5.41 Å². The number of aromatic nitrogens is 2. The number of guanidine groups is 1. The van der Waals surface area contributed by atoms with Crippen LogP contribution >= 0.6 is 0 Å². The minimum Gasteiger partial charge on any atom is -0.366 e. The molecule has 2 heterocycles. The standard InChI is InChI=1S/C20H26N6O/c1-20(18(27)26(2)19(21)25-20)11-13-6-5-7-14(10-13)23-17-12-22-15-8-3-4-9-16(15)24-17/h3-4,8-9,12-14H,5-7,10-11H2,1-2H3,(H2,21,25)(H,23,24)/t13-,14-,20+/m0/s1. The van der Waals surface area contributed by atoms with E-state index in [1.54, 1.807) is 13.2 Å². The van der Waals surface area contributed by atoms with Gasteiger partial charge in [0.05, 0.1) is 17.2 Å². The third kappa shape index (κ3) is 3.46. The summed E-state index contributed by atoms with van der Waals surface area (Å²) >= 11 is 0. The predicted octanol–water partition coefficient (Wildman–Crippen LogP) is 2.75. The Balaban J connectivity index is 1.42. The van der Waals surface area contributed by atoms with E-state index >= 15 is 0 Å². The average molecular weight is 366 g/mol. The van der Waals surface area contributed by atoms with Crippen molar-refractivity contribution in [1.29, 1.82) is 5.41 Å². The second kappa shape index (κ2) is 6.79. The number of carbonyl (C=O) groups excluding carboxylic acids is 1. The molecule has 0 bridgehead atoms. The largest absolute Gasteiger partial charge is 0.366 e. The number of nitrogens with one attached hydrogen (secondary N) is 3. The van der Waals surface area contributed by atoms with Gasteiger partial charge in [-0.1, -0.05) is 25.0 Å². The van der Waals surface area contributed by atoms with Gasteiger partial charge in [0.25, 0.3) is 5.91 Å². The van der Waals surface area contributed by atoms with Crippen LogP contribution in [0, 0.1) is 11.3 Å². The fourth-order valence-electron chi connectivity index (χ4n) is 4.43. The molecule has 3 atom stereocenters. The molecule has 2 aliphatic rings. The number of hydrogen-bond donors (Lipinski definition) is 3. The van der Waals surface area contributed by atoms with Crippen molar-refractivity contribution in [2.45, 2.75) is 50.6 Å². The number of rotatable bonds is 4. The van der Waals surface area contributed by atoms with Crippen LogP contribution in [0.4, 0.5) is 5.82 Å². The first-order valence-electron chi connectivity index (χ1n) is 9.58. The molecule has 1 aliphatic carbocycles. The lowest BCUT2D eigenvalue weighted by atomic mass is 9.78. The summed E-state index contributed by atoms with van der Waals surface area (Å²) in [6.45, 7) is 1.92. The zero-order chi connectivity index (χ0) is 19.0. The maximum Gasteiger partial charge on any atom is 0.254 e. The number of fused-ring (bicyclic) bond motifs is 1. The molecule has 1 saturated carbocycles. The summed E-state index contributed by atoms with van der Waals surface area (Å²) in [6, 6.07) is 8.20. The molecule has 1 aromatic heterocycles. The van der Waals surface area contributed by atoms with Gasteiger partial charge in [0, 0.05) is 13.1 Å². The van der Waals surface area contributed by atoms with Gasteiger partial charge < -0.3 is 10.6 Å². The number of hydrogen-bond acceptors (Lipinski definition) is 5. The van der Waals surface area contributed by atoms with Crippen molar-refractivity contribution in [3.05, 3.63) is 30.5 Å². The Hall–Kier alpha value is -2.70. The van der Waals surface area contributed by atoms with E-state index in [2.05, 4.69) is 20.6 Å². The Morgan fingerprint density at radius 1 is 1.33 bits per heavy atom. The van der Waals surface area contributed by atoms with Crippen molar-refractivity contribution in [3.8, 4) is 0 Å². The Morgan fingerprint density at radius 3 is 2.85 bits per heavy atom. The summed E-state index contributed by atoms with van der Waals surface area (Å²) < 4.78 is 0. The highest BCUT2D eigenvalue weighted by Crippen LogP contribution is 2.34. The van der Waals surface area contributed by atoms with Gasteiger partial charge in [-0.2, -0.15) is 0 Å². The van der Waals surface area contributed by atoms with Crippen LogP contribution in [0.3, 0.4) is 0 Å². The van der Waals surface area contributed by atoms with Crippen molar-refractivity contribution in [2.24, 2.45) is 5.92 Å². The quantitative estimate of drug-likeness (QED) is 0.773. The van der Waals surface area contributed by atoms with Gasteiger partial charge in [-0.25, -0.2) is 4.98 Å². The lowest BCUT2D eigenvalue weighted by molar-refractivity contribution is -0.130. The third-order valence-corrected chi connectivity index (χ3v) is 5.79. The molecule has 4 rings (SSSR count). The summed E-state index contributed by atoms with van der Waals surface area (Å²) in [6.07, 6.45) is 6.88. The van der Waals surface area contributed by atoms with E-state index in [-0.39, 0.29) is 11.9 Å². The second-order valence-corrected chi connectivity index (χ2v) is 7.99. The molecule has 3 N–H and O–H groups in total. The van der Waals surface area contributed by atoms with Crippen molar-refractivity contribution < 1.29 is 4.79 Å². The molecule has 7 heteroatoms. The lowest BCUT2D eigenvalue weighted by Gasteiger charge is -2.34. The van der Waals surface area contributed by atoms with Gasteiger partial charge in [0.15, 0.2) is 5.96 Å². The van der Waals surface area contributed by atoms with Crippen LogP contribution < -0.4 is 10.6 Å². The summed E-state index contributed by atoms with van der Waals surface area (Å²) in [7, 11) is 1.66. The van der Waals surface area contributed by atoms with E-state index in [1.165, 1.54) is 4.90 Å². The first-order chi connectivity index (χ1) is 12.9. The number of nitrogens with zero attached hydrogens (tertiary/aromatic N) is 3. The molecule has 2 aromatic rings. The minimum atomic E-state index is -0.666. The van der Waals surface area contributed by atoms with Crippen LogP contribution in [0.2, 0.25) is 0 Å². The normalized spacial score (nSPS) is 28.4. The number of anilines is 1. The molecule has 0 radical (unpaired) electrons. The SMILES string of the molecule is CN1C(=N)N[C@](C)(C[C@H]2CCC[C@H](Nc3cnc4ccccc4n3)C2)C1=O. The van der Waals surface area contributed by atoms with Gasteiger partial charge in [-0.05, 0) is 44.2 Å². The molecule has 1 aromatic carbocycles. The van der Waals surface area contributed by atoms with Gasteiger partial charge in [-0.15, -0.1) is 0 Å². The average Bonchev–Trinajstić information content (AvgIpc) is 2.84. The minimum absolute atomic E-state index is 0.0111. The smallest absolute Gasteiger partial charge is 0.254 e. The fraction of sp³-hybridized carbons (Fsp3) is 0.500. The summed E-state index contributed by atoms with van der Waals surface area (Å²) in [5, 5.41) is 14.5. The number of benzene rings is 1. The molecule has 2 fully saturated rings. The summed E-state index contributed by atoms with van der Waals surface area (Å²) in [5.41, 5.74) is 1.13. The Bertz CT molecular complexity index is 884. The van der Waals surface area contributed by atoms with Crippen molar-refractivity contribution in [1.82, 2.24) is 20.2 Å². The highest BCUT2D eigenvalue weighted by Gasteiger charge is 2.45. The Morgan fingerprint density at radius 2 is 2.11 bits per heavy atom. The number of carbonyl (C=O) groups is 1. The molecule has 0 unspecified atom stereocenters. The van der Waals surface area contributed by atoms with E-state index < -0.39 is 5.54 Å². The number of likely N-dealkylation sites (N-methyl/N-ethyl adjacent to an activating group) is 1. The zero-order valence-electron chi connectivity index (χ0n) is 15.8. The molecule has 27 heavy (non-hydrogen) atoms. The zero-order valence-corrected chi connectivity index (χ0v) is 15.8. The maximum absolute atomic E-state index is 12.5. The second-order valence-electron chi connectivity index (χ2n) is 7.99. The van der Waals surface area contributed by atoms with Gasteiger partial charge in [0.2, 0.25) is 0 Å². The van der Waals surface area contributed by atoms with E-state index in [9.17, 15) is 4.79 Å². The summed E-state index contributed by atoms with van der Waals surface area (Å²) in [5.74, 6) is 1.43. The first kappa shape index (κ1) is 17.7. The third-order valence-electron chi connectivity index (χ3n) is 5.79. The molecule has 1 aliphatic heterocycles. The van der Waals surface area contributed by atoms with Gasteiger partial charge in [0.1, 0.15) is 11.4 Å². The molecule has 142 valence electrons.